The van der Waals surface area contributed by atoms with Gasteiger partial charge in [0.1, 0.15) is 12.3 Å². The number of nitrogens with one attached hydrogen (secondary N) is 2. The van der Waals surface area contributed by atoms with Crippen LogP contribution in [0.15, 0.2) is 66.9 Å². The van der Waals surface area contributed by atoms with Gasteiger partial charge in [0.05, 0.1) is 14.2 Å². The molecule has 0 aliphatic heterocycles. The number of ether oxygens (including phenoxy) is 3. The van der Waals surface area contributed by atoms with Crippen LogP contribution < -0.4 is 19.5 Å². The van der Waals surface area contributed by atoms with Gasteiger partial charge in [-0.25, -0.2) is 0 Å². The quantitative estimate of drug-likeness (QED) is 0.437. The standard InChI is InChI=1S/C23H21N5O4/c1-30-18-12-16(13-19(31-2)20(18)32-14-15-8-4-3-5-9-15)22(29)26-23-25-21(27-28-23)17-10-6-7-11-24-17/h3-13H,14H2,1-2H3,(H2,25,26,27,28,29). The van der Waals surface area contributed by atoms with Gasteiger partial charge in [-0.15, -0.1) is 5.10 Å². The second-order valence-corrected chi connectivity index (χ2v) is 6.66. The van der Waals surface area contributed by atoms with E-state index < -0.39 is 5.91 Å². The Morgan fingerprint density at radius 1 is 1.00 bits per heavy atom. The number of methoxy groups -OCH3 is 2. The number of H-pyrrole nitrogens is 1. The first kappa shape index (κ1) is 20.9. The van der Waals surface area contributed by atoms with E-state index in [4.69, 9.17) is 14.2 Å². The lowest BCUT2D eigenvalue weighted by atomic mass is 10.1. The Kier molecular flexibility index (Phi) is 6.26. The zero-order valence-electron chi connectivity index (χ0n) is 17.5. The summed E-state index contributed by atoms with van der Waals surface area (Å²) in [6, 6.07) is 18.3. The highest BCUT2D eigenvalue weighted by Crippen LogP contribution is 2.39. The second-order valence-electron chi connectivity index (χ2n) is 6.66. The van der Waals surface area contributed by atoms with E-state index in [9.17, 15) is 4.79 Å². The van der Waals surface area contributed by atoms with Crippen molar-refractivity contribution in [2.75, 3.05) is 19.5 Å². The van der Waals surface area contributed by atoms with Gasteiger partial charge in [-0.3, -0.25) is 20.2 Å². The maximum absolute atomic E-state index is 12.8. The van der Waals surface area contributed by atoms with Crippen molar-refractivity contribution >= 4 is 11.9 Å². The molecular formula is C23H21N5O4. The number of carbonyl (C=O) groups excluding carboxylic acids is 1. The molecule has 32 heavy (non-hydrogen) atoms. The van der Waals surface area contributed by atoms with Crippen LogP contribution in [0.2, 0.25) is 0 Å². The first-order valence-electron chi connectivity index (χ1n) is 9.76. The smallest absolute Gasteiger partial charge is 0.258 e. The molecule has 0 saturated heterocycles. The minimum absolute atomic E-state index is 0.123. The van der Waals surface area contributed by atoms with E-state index in [1.807, 2.05) is 36.4 Å². The summed E-state index contributed by atoms with van der Waals surface area (Å²) in [7, 11) is 3.00. The Morgan fingerprint density at radius 2 is 1.72 bits per heavy atom. The summed E-state index contributed by atoms with van der Waals surface area (Å²) >= 11 is 0. The highest BCUT2D eigenvalue weighted by molar-refractivity contribution is 6.04. The molecule has 0 spiro atoms. The molecule has 9 nitrogen and oxygen atoms in total. The normalized spacial score (nSPS) is 10.4. The molecule has 2 heterocycles. The van der Waals surface area contributed by atoms with Gasteiger partial charge >= 0.3 is 0 Å². The summed E-state index contributed by atoms with van der Waals surface area (Å²) in [5.74, 6) is 1.29. The van der Waals surface area contributed by atoms with Crippen molar-refractivity contribution < 1.29 is 19.0 Å². The van der Waals surface area contributed by atoms with Gasteiger partial charge in [0.15, 0.2) is 17.3 Å². The summed E-state index contributed by atoms with van der Waals surface area (Å²) in [5.41, 5.74) is 1.91. The lowest BCUT2D eigenvalue weighted by molar-refractivity contribution is 0.102. The first-order valence-corrected chi connectivity index (χ1v) is 9.76. The predicted molar refractivity (Wildman–Crippen MR) is 118 cm³/mol. The molecule has 0 bridgehead atoms. The molecule has 1 amide bonds. The van der Waals surface area contributed by atoms with Crippen molar-refractivity contribution in [3.63, 3.8) is 0 Å². The second kappa shape index (κ2) is 9.61. The van der Waals surface area contributed by atoms with E-state index in [0.29, 0.717) is 40.9 Å². The number of anilines is 1. The van der Waals surface area contributed by atoms with Crippen molar-refractivity contribution in [1.29, 1.82) is 0 Å². The molecule has 4 rings (SSSR count). The van der Waals surface area contributed by atoms with Crippen molar-refractivity contribution in [1.82, 2.24) is 20.2 Å². The van der Waals surface area contributed by atoms with Crippen molar-refractivity contribution in [3.05, 3.63) is 78.0 Å². The molecule has 0 saturated carbocycles. The van der Waals surface area contributed by atoms with Gasteiger partial charge < -0.3 is 14.2 Å². The first-order chi connectivity index (χ1) is 15.7. The monoisotopic (exact) mass is 431 g/mol. The molecule has 4 aromatic rings. The van der Waals surface area contributed by atoms with Crippen LogP contribution in [0.5, 0.6) is 17.2 Å². The molecular weight excluding hydrogens is 410 g/mol. The molecule has 0 unspecified atom stereocenters. The Morgan fingerprint density at radius 3 is 2.38 bits per heavy atom. The van der Waals surface area contributed by atoms with E-state index in [1.165, 1.54) is 14.2 Å². The number of rotatable bonds is 8. The molecule has 0 fully saturated rings. The molecule has 2 N–H and O–H groups in total. The zero-order valence-corrected chi connectivity index (χ0v) is 17.5. The van der Waals surface area contributed by atoms with Crippen LogP contribution in [0.4, 0.5) is 5.95 Å². The van der Waals surface area contributed by atoms with Crippen molar-refractivity contribution in [2.24, 2.45) is 0 Å². The molecule has 0 aliphatic rings. The fraction of sp³-hybridized carbons (Fsp3) is 0.130. The summed E-state index contributed by atoms with van der Waals surface area (Å²) < 4.78 is 16.8. The number of hydrogen-bond acceptors (Lipinski definition) is 7. The summed E-state index contributed by atoms with van der Waals surface area (Å²) in [5, 5.41) is 9.44. The number of benzene rings is 2. The number of nitrogens with zero attached hydrogens (tertiary/aromatic N) is 3. The van der Waals surface area contributed by atoms with Gasteiger partial charge in [0.25, 0.3) is 5.91 Å². The maximum Gasteiger partial charge on any atom is 0.258 e. The topological polar surface area (TPSA) is 111 Å². The van der Waals surface area contributed by atoms with E-state index >= 15 is 0 Å². The molecule has 0 radical (unpaired) electrons. The molecule has 2 aromatic carbocycles. The fourth-order valence-corrected chi connectivity index (χ4v) is 2.99. The van der Waals surface area contributed by atoms with Gasteiger partial charge in [0, 0.05) is 11.8 Å². The van der Waals surface area contributed by atoms with Crippen LogP contribution in [-0.4, -0.2) is 40.3 Å². The van der Waals surface area contributed by atoms with E-state index in [1.54, 1.807) is 30.5 Å². The van der Waals surface area contributed by atoms with Gasteiger partial charge in [-0.2, -0.15) is 4.98 Å². The highest BCUT2D eigenvalue weighted by Gasteiger charge is 2.19. The van der Waals surface area contributed by atoms with E-state index in [-0.39, 0.29) is 5.95 Å². The Bertz CT molecular complexity index is 1170. The van der Waals surface area contributed by atoms with Crippen molar-refractivity contribution in [2.45, 2.75) is 6.61 Å². The number of carbonyl (C=O) groups is 1. The van der Waals surface area contributed by atoms with Gasteiger partial charge in [-0.05, 0) is 29.8 Å². The van der Waals surface area contributed by atoms with E-state index in [0.717, 1.165) is 5.56 Å². The Labute approximate surface area is 184 Å². The zero-order chi connectivity index (χ0) is 22.3. The van der Waals surface area contributed by atoms with Gasteiger partial charge in [-0.1, -0.05) is 36.4 Å². The maximum atomic E-state index is 12.8. The number of aromatic nitrogens is 4. The number of aromatic amines is 1. The molecule has 2 aromatic heterocycles. The predicted octanol–water partition coefficient (Wildman–Crippen LogP) is 3.72. The SMILES string of the molecule is COc1cc(C(=O)Nc2n[nH]c(-c3ccccn3)n2)cc(OC)c1OCc1ccccc1. The summed E-state index contributed by atoms with van der Waals surface area (Å²) in [6.45, 7) is 0.326. The fourth-order valence-electron chi connectivity index (χ4n) is 2.99. The third kappa shape index (κ3) is 4.67. The average molecular weight is 431 g/mol. The number of amides is 1. The number of hydrogen-bond donors (Lipinski definition) is 2. The minimum atomic E-state index is -0.428. The highest BCUT2D eigenvalue weighted by atomic mass is 16.5. The molecule has 162 valence electrons. The summed E-state index contributed by atoms with van der Waals surface area (Å²) in [6.07, 6.45) is 1.65. The van der Waals surface area contributed by atoms with Crippen molar-refractivity contribution in [3.8, 4) is 28.8 Å². The molecule has 0 atom stereocenters. The third-order valence-electron chi connectivity index (χ3n) is 4.57. The van der Waals surface area contributed by atoms with Crippen LogP contribution in [0.1, 0.15) is 15.9 Å². The van der Waals surface area contributed by atoms with Crippen LogP contribution in [0.3, 0.4) is 0 Å². The van der Waals surface area contributed by atoms with Crippen LogP contribution in [0.25, 0.3) is 11.5 Å². The lowest BCUT2D eigenvalue weighted by Crippen LogP contribution is -2.14. The van der Waals surface area contributed by atoms with Crippen LogP contribution >= 0.6 is 0 Å². The lowest BCUT2D eigenvalue weighted by Gasteiger charge is -2.16. The van der Waals surface area contributed by atoms with Crippen LogP contribution in [-0.2, 0) is 6.61 Å². The third-order valence-corrected chi connectivity index (χ3v) is 4.57. The van der Waals surface area contributed by atoms with Crippen LogP contribution in [0, 0.1) is 0 Å². The minimum Gasteiger partial charge on any atom is -0.493 e. The molecule has 0 aliphatic carbocycles. The molecule has 9 heteroatoms. The largest absolute Gasteiger partial charge is 0.493 e. The Hall–Kier alpha value is -4.40. The van der Waals surface area contributed by atoms with E-state index in [2.05, 4.69) is 25.5 Å². The average Bonchev–Trinajstić information content (AvgIpc) is 3.31. The Balaban J connectivity index is 1.53. The summed E-state index contributed by atoms with van der Waals surface area (Å²) in [4.78, 5) is 21.3. The van der Waals surface area contributed by atoms with Gasteiger partial charge in [0.2, 0.25) is 11.7 Å². The number of pyridine rings is 1.